The summed E-state index contributed by atoms with van der Waals surface area (Å²) >= 11 is 0. The number of ether oxygens (including phenoxy) is 1. The number of likely N-dealkylation sites (tertiary alicyclic amines) is 1. The predicted molar refractivity (Wildman–Crippen MR) is 75.3 cm³/mol. The number of oxazole rings is 1. The molecule has 1 aromatic heterocycles. The van der Waals surface area contributed by atoms with Gasteiger partial charge in [0.05, 0.1) is 0 Å². The molecule has 0 saturated carbocycles. The third kappa shape index (κ3) is 3.22. The van der Waals surface area contributed by atoms with Gasteiger partial charge in [-0.2, -0.15) is 0 Å². The number of H-pyrrole nitrogens is 1. The SMILES string of the molecule is O=C(NC[C@H]1CCN(C(=O)[C@@H]2CCCO2)C1)c1coc(=O)[nH]1. The van der Waals surface area contributed by atoms with Crippen LogP contribution in [-0.2, 0) is 9.53 Å². The van der Waals surface area contributed by atoms with Crippen LogP contribution in [0.1, 0.15) is 29.8 Å². The molecule has 3 rings (SSSR count). The third-order valence-electron chi connectivity index (χ3n) is 4.12. The maximum Gasteiger partial charge on any atom is 0.416 e. The Labute approximate surface area is 126 Å². The Balaban J connectivity index is 1.45. The van der Waals surface area contributed by atoms with Crippen molar-refractivity contribution in [2.24, 2.45) is 5.92 Å². The second kappa shape index (κ2) is 6.35. The molecule has 0 aliphatic carbocycles. The smallest absolute Gasteiger partial charge is 0.416 e. The Morgan fingerprint density at radius 3 is 2.95 bits per heavy atom. The molecule has 2 amide bonds. The van der Waals surface area contributed by atoms with Gasteiger partial charge >= 0.3 is 5.76 Å². The molecule has 2 saturated heterocycles. The van der Waals surface area contributed by atoms with Gasteiger partial charge < -0.3 is 19.4 Å². The molecular formula is C14H19N3O5. The van der Waals surface area contributed by atoms with Crippen molar-refractivity contribution in [3.8, 4) is 0 Å². The zero-order valence-corrected chi connectivity index (χ0v) is 12.2. The minimum atomic E-state index is -0.653. The number of carbonyl (C=O) groups excluding carboxylic acids is 2. The lowest BCUT2D eigenvalue weighted by atomic mass is 10.1. The van der Waals surface area contributed by atoms with Crippen LogP contribution >= 0.6 is 0 Å². The van der Waals surface area contributed by atoms with Crippen molar-refractivity contribution in [1.82, 2.24) is 15.2 Å². The summed E-state index contributed by atoms with van der Waals surface area (Å²) in [5, 5.41) is 2.74. The first kappa shape index (κ1) is 14.8. The van der Waals surface area contributed by atoms with Gasteiger partial charge in [0.15, 0.2) is 0 Å². The highest BCUT2D eigenvalue weighted by Gasteiger charge is 2.33. The molecule has 2 aliphatic rings. The summed E-state index contributed by atoms with van der Waals surface area (Å²) in [4.78, 5) is 39.0. The molecule has 3 heterocycles. The van der Waals surface area contributed by atoms with Crippen LogP contribution in [0.5, 0.6) is 0 Å². The lowest BCUT2D eigenvalue weighted by molar-refractivity contribution is -0.139. The van der Waals surface area contributed by atoms with E-state index >= 15 is 0 Å². The van der Waals surface area contributed by atoms with E-state index in [2.05, 4.69) is 14.7 Å². The van der Waals surface area contributed by atoms with E-state index in [9.17, 15) is 14.4 Å². The van der Waals surface area contributed by atoms with E-state index in [0.29, 0.717) is 26.2 Å². The summed E-state index contributed by atoms with van der Waals surface area (Å²) in [5.74, 6) is -0.757. The molecule has 1 aromatic rings. The largest absolute Gasteiger partial charge is 0.416 e. The zero-order chi connectivity index (χ0) is 15.5. The van der Waals surface area contributed by atoms with Crippen molar-refractivity contribution in [1.29, 1.82) is 0 Å². The third-order valence-corrected chi connectivity index (χ3v) is 4.12. The second-order valence-electron chi connectivity index (χ2n) is 5.71. The van der Waals surface area contributed by atoms with Gasteiger partial charge in [-0.15, -0.1) is 0 Å². The number of nitrogens with zero attached hydrogens (tertiary/aromatic N) is 1. The van der Waals surface area contributed by atoms with E-state index in [4.69, 9.17) is 4.74 Å². The number of carbonyl (C=O) groups is 2. The first-order chi connectivity index (χ1) is 10.6. The van der Waals surface area contributed by atoms with E-state index in [1.807, 2.05) is 4.90 Å². The molecule has 8 heteroatoms. The normalized spacial score (nSPS) is 24.6. The summed E-state index contributed by atoms with van der Waals surface area (Å²) in [6.45, 7) is 2.44. The Kier molecular flexibility index (Phi) is 4.28. The van der Waals surface area contributed by atoms with Crippen LogP contribution < -0.4 is 11.1 Å². The van der Waals surface area contributed by atoms with Gasteiger partial charge in [0.2, 0.25) is 0 Å². The van der Waals surface area contributed by atoms with E-state index in [1.54, 1.807) is 0 Å². The number of rotatable bonds is 4. The summed E-state index contributed by atoms with van der Waals surface area (Å²) in [6.07, 6.45) is 3.39. The van der Waals surface area contributed by atoms with Crippen molar-refractivity contribution in [3.63, 3.8) is 0 Å². The molecule has 2 aliphatic heterocycles. The minimum Gasteiger partial charge on any atom is -0.416 e. The molecule has 0 unspecified atom stereocenters. The molecule has 0 aromatic carbocycles. The molecule has 2 fully saturated rings. The van der Waals surface area contributed by atoms with Crippen LogP contribution in [0.2, 0.25) is 0 Å². The van der Waals surface area contributed by atoms with Gasteiger partial charge in [0.25, 0.3) is 11.8 Å². The van der Waals surface area contributed by atoms with Crippen LogP contribution in [0.25, 0.3) is 0 Å². The Hall–Kier alpha value is -2.09. The average Bonchev–Trinajstić information content (AvgIpc) is 3.25. The van der Waals surface area contributed by atoms with E-state index in [-0.39, 0.29) is 29.5 Å². The molecule has 0 radical (unpaired) electrons. The summed E-state index contributed by atoms with van der Waals surface area (Å²) in [7, 11) is 0. The number of aromatic amines is 1. The van der Waals surface area contributed by atoms with Crippen LogP contribution in [0.4, 0.5) is 0 Å². The molecule has 8 nitrogen and oxygen atoms in total. The van der Waals surface area contributed by atoms with Crippen molar-refractivity contribution in [3.05, 3.63) is 22.5 Å². The highest BCUT2D eigenvalue weighted by molar-refractivity contribution is 5.91. The molecule has 0 spiro atoms. The first-order valence-corrected chi connectivity index (χ1v) is 7.50. The summed E-state index contributed by atoms with van der Waals surface area (Å²) < 4.78 is 9.94. The number of amides is 2. The van der Waals surface area contributed by atoms with Gasteiger partial charge in [0.1, 0.15) is 18.1 Å². The zero-order valence-electron chi connectivity index (χ0n) is 12.2. The summed E-state index contributed by atoms with van der Waals surface area (Å²) in [5.41, 5.74) is 0.107. The number of hydrogen-bond acceptors (Lipinski definition) is 5. The highest BCUT2D eigenvalue weighted by Crippen LogP contribution is 2.21. The molecule has 2 N–H and O–H groups in total. The lowest BCUT2D eigenvalue weighted by Gasteiger charge is -2.20. The standard InChI is InChI=1S/C14H19N3O5/c18-12(10-8-22-14(20)16-10)15-6-9-3-4-17(7-9)13(19)11-2-1-5-21-11/h8-9,11H,1-7H2,(H,15,18)(H,16,20)/t9-,11+/m1/s1. The first-order valence-electron chi connectivity index (χ1n) is 7.50. The highest BCUT2D eigenvalue weighted by atomic mass is 16.5. The Bertz CT molecular complexity index is 602. The number of aromatic nitrogens is 1. The summed E-state index contributed by atoms with van der Waals surface area (Å²) in [6, 6.07) is 0. The fourth-order valence-electron chi connectivity index (χ4n) is 2.90. The number of nitrogens with one attached hydrogen (secondary N) is 2. The van der Waals surface area contributed by atoms with Gasteiger partial charge in [-0.3, -0.25) is 14.6 Å². The topological polar surface area (TPSA) is 105 Å². The minimum absolute atomic E-state index is 0.0606. The van der Waals surface area contributed by atoms with E-state index in [1.165, 1.54) is 0 Å². The quantitative estimate of drug-likeness (QED) is 0.796. The van der Waals surface area contributed by atoms with Gasteiger partial charge in [0, 0.05) is 26.2 Å². The fourth-order valence-corrected chi connectivity index (χ4v) is 2.90. The van der Waals surface area contributed by atoms with Gasteiger partial charge in [-0.25, -0.2) is 4.79 Å². The maximum absolute atomic E-state index is 12.2. The molecular weight excluding hydrogens is 290 g/mol. The van der Waals surface area contributed by atoms with Gasteiger partial charge in [-0.05, 0) is 25.2 Å². The average molecular weight is 309 g/mol. The van der Waals surface area contributed by atoms with E-state index in [0.717, 1.165) is 25.5 Å². The fraction of sp³-hybridized carbons (Fsp3) is 0.643. The van der Waals surface area contributed by atoms with Crippen LogP contribution in [0.3, 0.4) is 0 Å². The second-order valence-corrected chi connectivity index (χ2v) is 5.71. The van der Waals surface area contributed by atoms with E-state index < -0.39 is 5.76 Å². The Morgan fingerprint density at radius 1 is 1.41 bits per heavy atom. The van der Waals surface area contributed by atoms with Crippen molar-refractivity contribution in [2.45, 2.75) is 25.4 Å². The monoisotopic (exact) mass is 309 g/mol. The molecule has 120 valence electrons. The lowest BCUT2D eigenvalue weighted by Crippen LogP contribution is -2.38. The molecule has 2 atom stereocenters. The van der Waals surface area contributed by atoms with Crippen LogP contribution in [0, 0.1) is 5.92 Å². The van der Waals surface area contributed by atoms with Crippen LogP contribution in [-0.4, -0.2) is 54.0 Å². The molecule has 0 bridgehead atoms. The predicted octanol–water partition coefficient (Wildman–Crippen LogP) is -0.275. The van der Waals surface area contributed by atoms with Crippen molar-refractivity contribution < 1.29 is 18.7 Å². The Morgan fingerprint density at radius 2 is 2.27 bits per heavy atom. The van der Waals surface area contributed by atoms with Gasteiger partial charge in [-0.1, -0.05) is 0 Å². The number of hydrogen-bond donors (Lipinski definition) is 2. The van der Waals surface area contributed by atoms with Crippen LogP contribution in [0.15, 0.2) is 15.5 Å². The molecule has 22 heavy (non-hydrogen) atoms. The van der Waals surface area contributed by atoms with Crippen molar-refractivity contribution >= 4 is 11.8 Å². The maximum atomic E-state index is 12.2. The van der Waals surface area contributed by atoms with Crippen molar-refractivity contribution in [2.75, 3.05) is 26.2 Å².